The quantitative estimate of drug-likeness (QED) is 0.837. The lowest BCUT2D eigenvalue weighted by molar-refractivity contribution is 0.0521. The van der Waals surface area contributed by atoms with E-state index in [0.717, 1.165) is 5.69 Å². The lowest BCUT2D eigenvalue weighted by Gasteiger charge is -2.22. The molecule has 1 amide bonds. The molecule has 21 heavy (non-hydrogen) atoms. The number of alkyl carbamates (subject to hydrolysis) is 1. The first-order valence-electron chi connectivity index (χ1n) is 7.39. The summed E-state index contributed by atoms with van der Waals surface area (Å²) < 4.78 is 5.25. The first-order valence-corrected chi connectivity index (χ1v) is 7.39. The summed E-state index contributed by atoms with van der Waals surface area (Å²) in [4.78, 5) is 20.0. The number of aromatic nitrogens is 2. The zero-order valence-electron chi connectivity index (χ0n) is 12.9. The second kappa shape index (κ2) is 6.85. The third-order valence-corrected chi connectivity index (χ3v) is 3.22. The van der Waals surface area contributed by atoms with Crippen LogP contribution in [0.3, 0.4) is 0 Å². The molecule has 1 heterocycles. The van der Waals surface area contributed by atoms with Crippen LogP contribution in [0.1, 0.15) is 39.3 Å². The third kappa shape index (κ3) is 6.08. The summed E-state index contributed by atoms with van der Waals surface area (Å²) in [7, 11) is 0. The van der Waals surface area contributed by atoms with Crippen LogP contribution in [0.2, 0.25) is 0 Å². The van der Waals surface area contributed by atoms with E-state index >= 15 is 0 Å². The summed E-state index contributed by atoms with van der Waals surface area (Å²) >= 11 is 0. The Balaban J connectivity index is 1.76. The molecule has 1 saturated carbocycles. The molecule has 1 aromatic heterocycles. The van der Waals surface area contributed by atoms with Crippen molar-refractivity contribution in [3.05, 3.63) is 24.3 Å². The fraction of sp³-hybridized carbons (Fsp3) is 0.667. The van der Waals surface area contributed by atoms with E-state index < -0.39 is 5.60 Å². The van der Waals surface area contributed by atoms with Gasteiger partial charge in [-0.05, 0) is 39.5 Å². The molecule has 0 spiro atoms. The predicted molar refractivity (Wildman–Crippen MR) is 79.6 cm³/mol. The average molecular weight is 292 g/mol. The Morgan fingerprint density at radius 3 is 2.76 bits per heavy atom. The Labute approximate surface area is 125 Å². The highest BCUT2D eigenvalue weighted by Gasteiger charge is 2.31. The van der Waals surface area contributed by atoms with E-state index in [1.54, 1.807) is 18.6 Å². The van der Waals surface area contributed by atoms with E-state index in [9.17, 15) is 4.79 Å². The van der Waals surface area contributed by atoms with E-state index in [2.05, 4.69) is 20.6 Å². The molecular formula is C15H24N4O2. The number of carbonyl (C=O) groups excluding carboxylic acids is 1. The van der Waals surface area contributed by atoms with Crippen molar-refractivity contribution in [2.75, 3.05) is 6.54 Å². The molecule has 6 heteroatoms. The van der Waals surface area contributed by atoms with Gasteiger partial charge in [0.15, 0.2) is 0 Å². The van der Waals surface area contributed by atoms with Gasteiger partial charge in [-0.3, -0.25) is 9.97 Å². The number of ether oxygens (including phenoxy) is 1. The van der Waals surface area contributed by atoms with Gasteiger partial charge in [-0.1, -0.05) is 0 Å². The predicted octanol–water partition coefficient (Wildman–Crippen LogP) is 1.87. The Kier molecular flexibility index (Phi) is 5.12. The van der Waals surface area contributed by atoms with Gasteiger partial charge in [-0.15, -0.1) is 0 Å². The molecule has 2 rings (SSSR count). The lowest BCUT2D eigenvalue weighted by atomic mass is 10.2. The number of hydrogen-bond acceptors (Lipinski definition) is 5. The zero-order chi connectivity index (χ0) is 15.3. The van der Waals surface area contributed by atoms with Gasteiger partial charge in [0.1, 0.15) is 5.60 Å². The molecule has 2 N–H and O–H groups in total. The molecule has 6 nitrogen and oxygen atoms in total. The van der Waals surface area contributed by atoms with Crippen molar-refractivity contribution in [2.45, 2.75) is 51.8 Å². The largest absolute Gasteiger partial charge is 0.444 e. The van der Waals surface area contributed by atoms with E-state index in [1.165, 1.54) is 12.8 Å². The lowest BCUT2D eigenvalue weighted by Crippen LogP contribution is -2.43. The summed E-state index contributed by atoms with van der Waals surface area (Å²) in [6, 6.07) is 0.250. The fourth-order valence-electron chi connectivity index (χ4n) is 2.07. The normalized spacial score (nSPS) is 16.3. The van der Waals surface area contributed by atoms with Gasteiger partial charge >= 0.3 is 6.09 Å². The summed E-state index contributed by atoms with van der Waals surface area (Å²) in [5.74, 6) is 0.622. The van der Waals surface area contributed by atoms with Gasteiger partial charge in [0.25, 0.3) is 0 Å². The number of carbonyl (C=O) groups is 1. The van der Waals surface area contributed by atoms with Crippen molar-refractivity contribution in [2.24, 2.45) is 5.92 Å². The van der Waals surface area contributed by atoms with E-state index in [4.69, 9.17) is 4.74 Å². The number of rotatable bonds is 6. The molecule has 1 fully saturated rings. The van der Waals surface area contributed by atoms with Crippen molar-refractivity contribution in [1.29, 1.82) is 0 Å². The second-order valence-corrected chi connectivity index (χ2v) is 6.40. The maximum absolute atomic E-state index is 11.7. The molecule has 116 valence electrons. The minimum Gasteiger partial charge on any atom is -0.444 e. The van der Waals surface area contributed by atoms with Crippen LogP contribution in [-0.4, -0.2) is 34.2 Å². The standard InChI is InChI=1S/C15H24N4O2/c1-15(2,3)21-14(20)19-10-13(11-4-5-11)18-9-12-8-16-6-7-17-12/h6-8,11,13,18H,4-5,9-10H2,1-3H3,(H,19,20). The molecule has 0 radical (unpaired) electrons. The second-order valence-electron chi connectivity index (χ2n) is 6.40. The Bertz CT molecular complexity index is 454. The first kappa shape index (κ1) is 15.7. The topological polar surface area (TPSA) is 76.1 Å². The van der Waals surface area contributed by atoms with Crippen LogP contribution in [0.25, 0.3) is 0 Å². The maximum Gasteiger partial charge on any atom is 0.407 e. The maximum atomic E-state index is 11.7. The molecule has 0 aliphatic heterocycles. The molecule has 0 aromatic carbocycles. The number of hydrogen-bond donors (Lipinski definition) is 2. The summed E-state index contributed by atoms with van der Waals surface area (Å²) in [5.41, 5.74) is 0.437. The van der Waals surface area contributed by atoms with Crippen molar-refractivity contribution in [3.63, 3.8) is 0 Å². The Morgan fingerprint density at radius 1 is 1.43 bits per heavy atom. The third-order valence-electron chi connectivity index (χ3n) is 3.22. The van der Waals surface area contributed by atoms with Crippen molar-refractivity contribution in [1.82, 2.24) is 20.6 Å². The summed E-state index contributed by atoms with van der Waals surface area (Å²) in [6.45, 7) is 6.80. The van der Waals surface area contributed by atoms with E-state index in [1.807, 2.05) is 20.8 Å². The van der Waals surface area contributed by atoms with Gasteiger partial charge < -0.3 is 15.4 Å². The molecule has 0 saturated heterocycles. The van der Waals surface area contributed by atoms with Crippen LogP contribution in [0.5, 0.6) is 0 Å². The molecule has 0 bridgehead atoms. The highest BCUT2D eigenvalue weighted by Crippen LogP contribution is 2.32. The van der Waals surface area contributed by atoms with Crippen LogP contribution in [0.15, 0.2) is 18.6 Å². The van der Waals surface area contributed by atoms with Crippen molar-refractivity contribution >= 4 is 6.09 Å². The van der Waals surface area contributed by atoms with Crippen molar-refractivity contribution in [3.8, 4) is 0 Å². The first-order chi connectivity index (χ1) is 9.94. The van der Waals surface area contributed by atoms with Crippen LogP contribution in [0.4, 0.5) is 4.79 Å². The van der Waals surface area contributed by atoms with Crippen LogP contribution >= 0.6 is 0 Å². The highest BCUT2D eigenvalue weighted by molar-refractivity contribution is 5.67. The van der Waals surface area contributed by atoms with Gasteiger partial charge in [0, 0.05) is 37.7 Å². The van der Waals surface area contributed by atoms with Crippen LogP contribution < -0.4 is 10.6 Å². The van der Waals surface area contributed by atoms with Gasteiger partial charge in [-0.2, -0.15) is 0 Å². The highest BCUT2D eigenvalue weighted by atomic mass is 16.6. The van der Waals surface area contributed by atoms with Gasteiger partial charge in [0.05, 0.1) is 5.69 Å². The van der Waals surface area contributed by atoms with Gasteiger partial charge in [0.2, 0.25) is 0 Å². The Morgan fingerprint density at radius 2 is 2.19 bits per heavy atom. The number of amides is 1. The Hall–Kier alpha value is -1.69. The average Bonchev–Trinajstić information content (AvgIpc) is 3.22. The monoisotopic (exact) mass is 292 g/mol. The number of nitrogens with zero attached hydrogens (tertiary/aromatic N) is 2. The molecule has 1 aliphatic carbocycles. The fourth-order valence-corrected chi connectivity index (χ4v) is 2.07. The molecule has 1 atom stereocenters. The smallest absolute Gasteiger partial charge is 0.407 e. The van der Waals surface area contributed by atoms with E-state index in [-0.39, 0.29) is 12.1 Å². The minimum absolute atomic E-state index is 0.250. The molecule has 1 unspecified atom stereocenters. The van der Waals surface area contributed by atoms with Gasteiger partial charge in [-0.25, -0.2) is 4.79 Å². The van der Waals surface area contributed by atoms with Crippen molar-refractivity contribution < 1.29 is 9.53 Å². The minimum atomic E-state index is -0.466. The SMILES string of the molecule is CC(C)(C)OC(=O)NCC(NCc1cnccn1)C1CC1. The molecule has 1 aliphatic rings. The van der Waals surface area contributed by atoms with Crippen LogP contribution in [0, 0.1) is 5.92 Å². The number of nitrogens with one attached hydrogen (secondary N) is 2. The van der Waals surface area contributed by atoms with Crippen LogP contribution in [-0.2, 0) is 11.3 Å². The molecular weight excluding hydrogens is 268 g/mol. The molecule has 1 aromatic rings. The zero-order valence-corrected chi connectivity index (χ0v) is 12.9. The van der Waals surface area contributed by atoms with E-state index in [0.29, 0.717) is 19.0 Å². The summed E-state index contributed by atoms with van der Waals surface area (Å²) in [6.07, 6.45) is 7.13. The summed E-state index contributed by atoms with van der Waals surface area (Å²) in [5, 5.41) is 6.28.